The number of anilines is 1. The van der Waals surface area contributed by atoms with Gasteiger partial charge in [-0.05, 0) is 44.5 Å². The number of hydrogen-bond donors (Lipinski definition) is 2. The Morgan fingerprint density at radius 2 is 2.23 bits per heavy atom. The Morgan fingerprint density at radius 1 is 1.41 bits per heavy atom. The second-order valence-corrected chi connectivity index (χ2v) is 6.18. The molecular formula is C16H21N3O2S. The van der Waals surface area contributed by atoms with Crippen LogP contribution in [0.15, 0.2) is 29.8 Å². The van der Waals surface area contributed by atoms with E-state index in [0.29, 0.717) is 6.54 Å². The molecule has 0 aliphatic carbocycles. The standard InChI is InChI=1S/C16H21N3O2S/c1-11(2)21-13-4-5-14(12(3)10-13)19-16(20)18-7-6-15-17-8-9-22-15/h4-5,8-11H,6-7H2,1-3H3,(H2,18,19,20). The van der Waals surface area contributed by atoms with Gasteiger partial charge in [0.1, 0.15) is 5.75 Å². The fraction of sp³-hybridized carbons (Fsp3) is 0.375. The summed E-state index contributed by atoms with van der Waals surface area (Å²) in [6.07, 6.45) is 2.64. The van der Waals surface area contributed by atoms with Gasteiger partial charge in [-0.25, -0.2) is 9.78 Å². The maximum atomic E-state index is 11.9. The van der Waals surface area contributed by atoms with Gasteiger partial charge in [-0.3, -0.25) is 0 Å². The number of benzene rings is 1. The molecule has 1 aromatic heterocycles. The zero-order chi connectivity index (χ0) is 15.9. The van der Waals surface area contributed by atoms with Gasteiger partial charge in [0.05, 0.1) is 11.1 Å². The van der Waals surface area contributed by atoms with E-state index in [2.05, 4.69) is 15.6 Å². The smallest absolute Gasteiger partial charge is 0.319 e. The molecule has 2 N–H and O–H groups in total. The number of nitrogens with zero attached hydrogens (tertiary/aromatic N) is 1. The summed E-state index contributed by atoms with van der Waals surface area (Å²) in [6, 6.07) is 5.42. The van der Waals surface area contributed by atoms with Crippen LogP contribution in [0.4, 0.5) is 10.5 Å². The molecule has 0 saturated heterocycles. The summed E-state index contributed by atoms with van der Waals surface area (Å²) in [5.41, 5.74) is 1.75. The van der Waals surface area contributed by atoms with Crippen LogP contribution in [0, 0.1) is 6.92 Å². The molecule has 22 heavy (non-hydrogen) atoms. The fourth-order valence-electron chi connectivity index (χ4n) is 1.95. The van der Waals surface area contributed by atoms with E-state index in [-0.39, 0.29) is 12.1 Å². The van der Waals surface area contributed by atoms with E-state index in [1.165, 1.54) is 0 Å². The molecule has 0 aliphatic rings. The minimum absolute atomic E-state index is 0.132. The van der Waals surface area contributed by atoms with E-state index in [9.17, 15) is 4.79 Å². The average Bonchev–Trinajstić information content (AvgIpc) is 2.94. The summed E-state index contributed by atoms with van der Waals surface area (Å²) in [7, 11) is 0. The first kappa shape index (κ1) is 16.3. The van der Waals surface area contributed by atoms with E-state index in [0.717, 1.165) is 28.4 Å². The Morgan fingerprint density at radius 3 is 2.86 bits per heavy atom. The summed E-state index contributed by atoms with van der Waals surface area (Å²) in [6.45, 7) is 6.47. The Balaban J connectivity index is 1.83. The molecule has 0 fully saturated rings. The number of urea groups is 1. The lowest BCUT2D eigenvalue weighted by Crippen LogP contribution is -2.30. The number of amides is 2. The molecular weight excluding hydrogens is 298 g/mol. The van der Waals surface area contributed by atoms with Gasteiger partial charge < -0.3 is 15.4 Å². The highest BCUT2D eigenvalue weighted by molar-refractivity contribution is 7.09. The van der Waals surface area contributed by atoms with Crippen LogP contribution in [-0.4, -0.2) is 23.7 Å². The molecule has 0 spiro atoms. The monoisotopic (exact) mass is 319 g/mol. The highest BCUT2D eigenvalue weighted by Crippen LogP contribution is 2.22. The van der Waals surface area contributed by atoms with Crippen molar-refractivity contribution in [3.8, 4) is 5.75 Å². The number of aryl methyl sites for hydroxylation is 1. The van der Waals surface area contributed by atoms with Crippen LogP contribution < -0.4 is 15.4 Å². The van der Waals surface area contributed by atoms with Crippen molar-refractivity contribution in [2.24, 2.45) is 0 Å². The Kier molecular flexibility index (Phi) is 5.77. The summed E-state index contributed by atoms with van der Waals surface area (Å²) in [4.78, 5) is 16.1. The molecule has 2 rings (SSSR count). The van der Waals surface area contributed by atoms with Crippen LogP contribution >= 0.6 is 11.3 Å². The van der Waals surface area contributed by atoms with E-state index < -0.39 is 0 Å². The van der Waals surface area contributed by atoms with Crippen molar-refractivity contribution >= 4 is 23.1 Å². The van der Waals surface area contributed by atoms with Crippen molar-refractivity contribution in [3.05, 3.63) is 40.3 Å². The highest BCUT2D eigenvalue weighted by Gasteiger charge is 2.06. The predicted octanol–water partition coefficient (Wildman–Crippen LogP) is 3.60. The van der Waals surface area contributed by atoms with Crippen molar-refractivity contribution in [1.82, 2.24) is 10.3 Å². The van der Waals surface area contributed by atoms with Crippen molar-refractivity contribution in [2.75, 3.05) is 11.9 Å². The minimum Gasteiger partial charge on any atom is -0.491 e. The van der Waals surface area contributed by atoms with E-state index in [1.54, 1.807) is 17.5 Å². The second-order valence-electron chi connectivity index (χ2n) is 5.20. The lowest BCUT2D eigenvalue weighted by molar-refractivity contribution is 0.242. The van der Waals surface area contributed by atoms with Gasteiger partial charge in [-0.2, -0.15) is 0 Å². The summed E-state index contributed by atoms with van der Waals surface area (Å²) in [5.74, 6) is 0.808. The Bertz CT molecular complexity index is 612. The molecule has 0 aliphatic heterocycles. The number of carbonyl (C=O) groups excluding carboxylic acids is 1. The fourth-order valence-corrected chi connectivity index (χ4v) is 2.57. The predicted molar refractivity (Wildman–Crippen MR) is 89.8 cm³/mol. The SMILES string of the molecule is Cc1cc(OC(C)C)ccc1NC(=O)NCCc1nccs1. The largest absolute Gasteiger partial charge is 0.491 e. The molecule has 6 heteroatoms. The summed E-state index contributed by atoms with van der Waals surface area (Å²) < 4.78 is 5.63. The highest BCUT2D eigenvalue weighted by atomic mass is 32.1. The second kappa shape index (κ2) is 7.79. The number of hydrogen-bond acceptors (Lipinski definition) is 4. The normalized spacial score (nSPS) is 10.5. The quantitative estimate of drug-likeness (QED) is 0.855. The van der Waals surface area contributed by atoms with E-state index >= 15 is 0 Å². The Hall–Kier alpha value is -2.08. The topological polar surface area (TPSA) is 63.2 Å². The van der Waals surface area contributed by atoms with Crippen molar-refractivity contribution < 1.29 is 9.53 Å². The lowest BCUT2D eigenvalue weighted by atomic mass is 10.2. The first-order valence-electron chi connectivity index (χ1n) is 7.25. The van der Waals surface area contributed by atoms with Crippen molar-refractivity contribution in [1.29, 1.82) is 0 Å². The molecule has 0 bridgehead atoms. The number of rotatable bonds is 6. The third kappa shape index (κ3) is 5.04. The van der Waals surface area contributed by atoms with Gasteiger partial charge in [0, 0.05) is 30.2 Å². The molecule has 0 radical (unpaired) electrons. The summed E-state index contributed by atoms with van der Waals surface area (Å²) >= 11 is 1.59. The van der Waals surface area contributed by atoms with Crippen LogP contribution in [0.25, 0.3) is 0 Å². The lowest BCUT2D eigenvalue weighted by Gasteiger charge is -2.13. The number of ether oxygens (including phenoxy) is 1. The molecule has 0 unspecified atom stereocenters. The molecule has 118 valence electrons. The molecule has 2 amide bonds. The van der Waals surface area contributed by atoms with Gasteiger partial charge in [0.25, 0.3) is 0 Å². The van der Waals surface area contributed by atoms with E-state index in [4.69, 9.17) is 4.74 Å². The van der Waals surface area contributed by atoms with Gasteiger partial charge in [0.15, 0.2) is 0 Å². The van der Waals surface area contributed by atoms with Gasteiger partial charge in [-0.1, -0.05) is 0 Å². The number of carbonyl (C=O) groups is 1. The van der Waals surface area contributed by atoms with Gasteiger partial charge in [-0.15, -0.1) is 11.3 Å². The van der Waals surface area contributed by atoms with Gasteiger partial charge in [0.2, 0.25) is 0 Å². The van der Waals surface area contributed by atoms with E-state index in [1.807, 2.05) is 44.4 Å². The van der Waals surface area contributed by atoms with Crippen molar-refractivity contribution in [2.45, 2.75) is 33.3 Å². The number of thiazole rings is 1. The Labute approximate surface area is 134 Å². The zero-order valence-electron chi connectivity index (χ0n) is 13.1. The molecule has 2 aromatic rings. The average molecular weight is 319 g/mol. The van der Waals surface area contributed by atoms with Gasteiger partial charge >= 0.3 is 6.03 Å². The molecule has 1 heterocycles. The minimum atomic E-state index is -0.211. The van der Waals surface area contributed by atoms with Crippen molar-refractivity contribution in [3.63, 3.8) is 0 Å². The zero-order valence-corrected chi connectivity index (χ0v) is 13.9. The van der Waals surface area contributed by atoms with Crippen LogP contribution in [0.5, 0.6) is 5.75 Å². The molecule has 0 saturated carbocycles. The molecule has 1 aromatic carbocycles. The third-order valence-electron chi connectivity index (χ3n) is 2.93. The first-order valence-corrected chi connectivity index (χ1v) is 8.13. The number of aromatic nitrogens is 1. The maximum absolute atomic E-state index is 11.9. The van der Waals surface area contributed by atoms with Crippen LogP contribution in [-0.2, 0) is 6.42 Å². The number of nitrogens with one attached hydrogen (secondary N) is 2. The summed E-state index contributed by atoms with van der Waals surface area (Å²) in [5, 5.41) is 8.63. The molecule has 0 atom stereocenters. The van der Waals surface area contributed by atoms with Crippen LogP contribution in [0.3, 0.4) is 0 Å². The van der Waals surface area contributed by atoms with Crippen LogP contribution in [0.2, 0.25) is 0 Å². The van der Waals surface area contributed by atoms with Crippen LogP contribution in [0.1, 0.15) is 24.4 Å². The molecule has 5 nitrogen and oxygen atoms in total. The third-order valence-corrected chi connectivity index (χ3v) is 3.77. The first-order chi connectivity index (χ1) is 10.5. The maximum Gasteiger partial charge on any atom is 0.319 e.